The van der Waals surface area contributed by atoms with Gasteiger partial charge in [-0.05, 0) is 98.6 Å². The summed E-state index contributed by atoms with van der Waals surface area (Å²) in [7, 11) is -0.776. The average molecular weight is 454 g/mol. The minimum absolute atomic E-state index is 0.367. The lowest BCUT2D eigenvalue weighted by atomic mass is 9.73. The van der Waals surface area contributed by atoms with Crippen molar-refractivity contribution in [3.63, 3.8) is 0 Å². The molecule has 0 atom stereocenters. The van der Waals surface area contributed by atoms with E-state index in [1.54, 1.807) is 0 Å². The average Bonchev–Trinajstić information content (AvgIpc) is 3.11. The van der Waals surface area contributed by atoms with Gasteiger partial charge in [0.05, 0.1) is 22.4 Å². The molecule has 2 aliphatic rings. The fraction of sp³-hybridized carbons (Fsp3) is 0.429. The van der Waals surface area contributed by atoms with Gasteiger partial charge in [-0.2, -0.15) is 0 Å². The SMILES string of the molecule is CC1(C)OB(c2cc3ccc4ccc(B5OC(C)(C)C(C)(C)O5)c5ccc(c2)c3c45)OC1(C)C. The lowest BCUT2D eigenvalue weighted by Crippen LogP contribution is -2.41. The van der Waals surface area contributed by atoms with Crippen LogP contribution in [0.25, 0.3) is 32.3 Å². The summed E-state index contributed by atoms with van der Waals surface area (Å²) in [6.45, 7) is 16.8. The van der Waals surface area contributed by atoms with Gasteiger partial charge in [0, 0.05) is 0 Å². The van der Waals surface area contributed by atoms with Crippen molar-refractivity contribution in [2.75, 3.05) is 0 Å². The Balaban J connectivity index is 1.50. The van der Waals surface area contributed by atoms with E-state index in [0.717, 1.165) is 10.9 Å². The smallest absolute Gasteiger partial charge is 0.399 e. The van der Waals surface area contributed by atoms with Gasteiger partial charge < -0.3 is 18.6 Å². The van der Waals surface area contributed by atoms with E-state index in [-0.39, 0.29) is 29.5 Å². The Kier molecular flexibility index (Phi) is 4.45. The van der Waals surface area contributed by atoms with Crippen LogP contribution < -0.4 is 10.9 Å². The first-order valence-electron chi connectivity index (χ1n) is 12.2. The third-order valence-corrected chi connectivity index (χ3v) is 8.69. The summed E-state index contributed by atoms with van der Waals surface area (Å²) in [5, 5.41) is 7.28. The van der Waals surface area contributed by atoms with Crippen molar-refractivity contribution < 1.29 is 18.6 Å². The molecule has 4 aromatic carbocycles. The highest BCUT2D eigenvalue weighted by atomic mass is 16.7. The first-order valence-corrected chi connectivity index (χ1v) is 12.2. The van der Waals surface area contributed by atoms with E-state index in [1.807, 2.05) is 0 Å². The molecule has 0 aromatic heterocycles. The predicted molar refractivity (Wildman–Crippen MR) is 142 cm³/mol. The lowest BCUT2D eigenvalue weighted by molar-refractivity contribution is 0.00578. The van der Waals surface area contributed by atoms with Crippen LogP contribution in [0.4, 0.5) is 0 Å². The second-order valence-corrected chi connectivity index (χ2v) is 12.0. The maximum absolute atomic E-state index is 6.41. The van der Waals surface area contributed by atoms with Crippen molar-refractivity contribution >= 4 is 57.5 Å². The molecule has 4 nitrogen and oxygen atoms in total. The molecular formula is C28H32B2O4. The van der Waals surface area contributed by atoms with Gasteiger partial charge in [0.25, 0.3) is 0 Å². The molecule has 0 bridgehead atoms. The zero-order chi connectivity index (χ0) is 24.3. The van der Waals surface area contributed by atoms with Crippen LogP contribution in [-0.4, -0.2) is 36.6 Å². The van der Waals surface area contributed by atoms with E-state index in [1.165, 1.54) is 32.3 Å². The minimum Gasteiger partial charge on any atom is -0.399 e. The molecule has 0 N–H and O–H groups in total. The van der Waals surface area contributed by atoms with Gasteiger partial charge in [0.2, 0.25) is 0 Å². The molecule has 6 rings (SSSR count). The summed E-state index contributed by atoms with van der Waals surface area (Å²) >= 11 is 0. The highest BCUT2D eigenvalue weighted by molar-refractivity contribution is 6.66. The molecule has 0 unspecified atom stereocenters. The van der Waals surface area contributed by atoms with E-state index >= 15 is 0 Å². The topological polar surface area (TPSA) is 36.9 Å². The van der Waals surface area contributed by atoms with Crippen LogP contribution in [0.15, 0.2) is 48.5 Å². The second-order valence-electron chi connectivity index (χ2n) is 12.0. The fourth-order valence-corrected chi connectivity index (χ4v) is 5.16. The molecule has 2 aliphatic heterocycles. The van der Waals surface area contributed by atoms with Crippen molar-refractivity contribution in [1.29, 1.82) is 0 Å². The maximum atomic E-state index is 6.41. The molecule has 0 amide bonds. The van der Waals surface area contributed by atoms with Gasteiger partial charge in [-0.1, -0.05) is 48.5 Å². The molecule has 34 heavy (non-hydrogen) atoms. The van der Waals surface area contributed by atoms with Crippen molar-refractivity contribution in [2.45, 2.75) is 77.8 Å². The van der Waals surface area contributed by atoms with E-state index in [4.69, 9.17) is 18.6 Å². The molecule has 0 aliphatic carbocycles. The number of hydrogen-bond donors (Lipinski definition) is 0. The molecule has 0 spiro atoms. The minimum atomic E-state index is -0.394. The fourth-order valence-electron chi connectivity index (χ4n) is 5.16. The summed E-state index contributed by atoms with van der Waals surface area (Å²) in [4.78, 5) is 0. The number of rotatable bonds is 2. The molecule has 0 saturated carbocycles. The van der Waals surface area contributed by atoms with Gasteiger partial charge in [-0.15, -0.1) is 0 Å². The highest BCUT2D eigenvalue weighted by Crippen LogP contribution is 2.40. The van der Waals surface area contributed by atoms with Crippen molar-refractivity contribution in [3.8, 4) is 0 Å². The van der Waals surface area contributed by atoms with Gasteiger partial charge in [0.15, 0.2) is 0 Å². The van der Waals surface area contributed by atoms with Crippen LogP contribution in [0.2, 0.25) is 0 Å². The van der Waals surface area contributed by atoms with Crippen LogP contribution in [0, 0.1) is 0 Å². The summed E-state index contributed by atoms with van der Waals surface area (Å²) in [6.07, 6.45) is 0. The molecule has 4 aromatic rings. The Morgan fingerprint density at radius 1 is 0.500 bits per heavy atom. The monoisotopic (exact) mass is 454 g/mol. The zero-order valence-corrected chi connectivity index (χ0v) is 21.4. The number of benzene rings is 4. The Morgan fingerprint density at radius 2 is 0.941 bits per heavy atom. The van der Waals surface area contributed by atoms with Crippen molar-refractivity contribution in [3.05, 3.63) is 48.5 Å². The first kappa shape index (κ1) is 22.4. The van der Waals surface area contributed by atoms with Crippen LogP contribution in [-0.2, 0) is 18.6 Å². The van der Waals surface area contributed by atoms with Gasteiger partial charge in [0.1, 0.15) is 0 Å². The Morgan fingerprint density at radius 3 is 1.50 bits per heavy atom. The Labute approximate surface area is 202 Å². The third kappa shape index (κ3) is 3.02. The Bertz CT molecular complexity index is 1390. The molecule has 6 heteroatoms. The van der Waals surface area contributed by atoms with Gasteiger partial charge in [-0.3, -0.25) is 0 Å². The van der Waals surface area contributed by atoms with Crippen LogP contribution >= 0.6 is 0 Å². The van der Waals surface area contributed by atoms with Crippen LogP contribution in [0.3, 0.4) is 0 Å². The summed E-state index contributed by atoms with van der Waals surface area (Å²) in [5.41, 5.74) is 0.645. The van der Waals surface area contributed by atoms with Crippen LogP contribution in [0.1, 0.15) is 55.4 Å². The van der Waals surface area contributed by atoms with Gasteiger partial charge >= 0.3 is 14.2 Å². The maximum Gasteiger partial charge on any atom is 0.495 e. The molecule has 2 saturated heterocycles. The van der Waals surface area contributed by atoms with Gasteiger partial charge in [-0.25, -0.2) is 0 Å². The first-order chi connectivity index (χ1) is 15.8. The standard InChI is InChI=1S/C28H32B2O4/c1-25(2)26(3,4)32-29(31-25)20-15-18-10-9-17-12-14-22(30-33-27(5,6)28(7,8)34-30)21-13-11-19(16-20)23(18)24(17)21/h9-16H,1-8H3. The van der Waals surface area contributed by atoms with E-state index < -0.39 is 7.12 Å². The quantitative estimate of drug-likeness (QED) is 0.309. The zero-order valence-electron chi connectivity index (χ0n) is 21.4. The van der Waals surface area contributed by atoms with Crippen LogP contribution in [0.5, 0.6) is 0 Å². The van der Waals surface area contributed by atoms with Crippen molar-refractivity contribution in [1.82, 2.24) is 0 Å². The highest BCUT2D eigenvalue weighted by Gasteiger charge is 2.53. The molecule has 174 valence electrons. The molecule has 2 heterocycles. The molecule has 0 radical (unpaired) electrons. The second kappa shape index (κ2) is 6.76. The lowest BCUT2D eigenvalue weighted by Gasteiger charge is -2.32. The third-order valence-electron chi connectivity index (χ3n) is 8.69. The molecular weight excluding hydrogens is 422 g/mol. The van der Waals surface area contributed by atoms with E-state index in [9.17, 15) is 0 Å². The summed E-state index contributed by atoms with van der Waals surface area (Å²) < 4.78 is 25.5. The predicted octanol–water partition coefficient (Wildman–Crippen LogP) is 5.18. The van der Waals surface area contributed by atoms with Crippen molar-refractivity contribution in [2.24, 2.45) is 0 Å². The van der Waals surface area contributed by atoms with E-state index in [2.05, 4.69) is 104 Å². The largest absolute Gasteiger partial charge is 0.495 e. The van der Waals surface area contributed by atoms with E-state index in [0.29, 0.717) is 0 Å². The normalized spacial score (nSPS) is 23.1. The Hall–Kier alpha value is -2.11. The summed E-state index contributed by atoms with van der Waals surface area (Å²) in [6, 6.07) is 17.6. The molecule has 2 fully saturated rings. The summed E-state index contributed by atoms with van der Waals surface area (Å²) in [5.74, 6) is 0. The number of hydrogen-bond acceptors (Lipinski definition) is 4.